The number of aliphatic imine (C=N–C) groups is 1. The molecule has 3 aliphatic rings. The number of rotatable bonds is 6. The molecule has 2 saturated heterocycles. The number of nitrogens with one attached hydrogen (secondary N) is 2. The zero-order chi connectivity index (χ0) is 22.8. The van der Waals surface area contributed by atoms with Gasteiger partial charge in [-0.3, -0.25) is 14.7 Å². The largest absolute Gasteiger partial charge is 0.381 e. The summed E-state index contributed by atoms with van der Waals surface area (Å²) in [5.74, 6) is 1.24. The Kier molecular flexibility index (Phi) is 6.94. The van der Waals surface area contributed by atoms with Crippen LogP contribution in [0.15, 0.2) is 23.2 Å². The Morgan fingerprint density at radius 3 is 2.76 bits per heavy atom. The van der Waals surface area contributed by atoms with E-state index in [1.54, 1.807) is 6.92 Å². The number of nitrogens with zero attached hydrogens (tertiary/aromatic N) is 3. The van der Waals surface area contributed by atoms with Crippen molar-refractivity contribution in [2.45, 2.75) is 45.2 Å². The Hall–Kier alpha value is -2.03. The highest BCUT2D eigenvalue weighted by molar-refractivity contribution is 8.14. The first-order chi connectivity index (χ1) is 16.0. The van der Waals surface area contributed by atoms with Crippen molar-refractivity contribution in [3.8, 4) is 0 Å². The zero-order valence-corrected chi connectivity index (χ0v) is 20.5. The molecule has 0 saturated carbocycles. The minimum absolute atomic E-state index is 0.190. The van der Waals surface area contributed by atoms with Gasteiger partial charge in [0.25, 0.3) is 0 Å². The first-order valence-corrected chi connectivity index (χ1v) is 13.2. The number of aromatic amines is 1. The van der Waals surface area contributed by atoms with E-state index in [1.165, 1.54) is 22.2 Å². The highest BCUT2D eigenvalue weighted by Crippen LogP contribution is 2.31. The summed E-state index contributed by atoms with van der Waals surface area (Å²) in [5.41, 5.74) is 4.77. The maximum absolute atomic E-state index is 11.5. The van der Waals surface area contributed by atoms with Gasteiger partial charge in [-0.25, -0.2) is 0 Å². The summed E-state index contributed by atoms with van der Waals surface area (Å²) < 4.78 is 5.52. The number of hydrogen-bond acceptors (Lipinski definition) is 6. The zero-order valence-electron chi connectivity index (χ0n) is 19.7. The van der Waals surface area contributed by atoms with E-state index in [4.69, 9.17) is 9.73 Å². The van der Waals surface area contributed by atoms with Gasteiger partial charge in [0.2, 0.25) is 5.91 Å². The molecule has 1 atom stereocenters. The SMILES string of the molecule is CC(=O)N1CCN(CC[C@H]2CSC(c3cc4cc(C)cc(NC5CCOCC5)c4[nH]3)=N2)CC1. The van der Waals surface area contributed by atoms with E-state index in [0.29, 0.717) is 12.1 Å². The molecule has 2 N–H and O–H groups in total. The predicted octanol–water partition coefficient (Wildman–Crippen LogP) is 3.48. The van der Waals surface area contributed by atoms with Crippen molar-refractivity contribution in [2.75, 3.05) is 57.0 Å². The van der Waals surface area contributed by atoms with Gasteiger partial charge in [-0.1, -0.05) is 0 Å². The summed E-state index contributed by atoms with van der Waals surface area (Å²) in [6.45, 7) is 10.2. The second-order valence-electron chi connectivity index (χ2n) is 9.53. The Labute approximate surface area is 200 Å². The third-order valence-electron chi connectivity index (χ3n) is 6.99. The third kappa shape index (κ3) is 5.39. The Bertz CT molecular complexity index is 1020. The smallest absolute Gasteiger partial charge is 0.219 e. The lowest BCUT2D eigenvalue weighted by Gasteiger charge is -2.34. The first-order valence-electron chi connectivity index (χ1n) is 12.2. The van der Waals surface area contributed by atoms with Gasteiger partial charge in [-0.05, 0) is 49.9 Å². The molecule has 178 valence electrons. The summed E-state index contributed by atoms with van der Waals surface area (Å²) in [6, 6.07) is 7.59. The molecular weight excluding hydrogens is 434 g/mol. The van der Waals surface area contributed by atoms with E-state index in [2.05, 4.69) is 40.3 Å². The number of aromatic nitrogens is 1. The van der Waals surface area contributed by atoms with Crippen LogP contribution >= 0.6 is 11.8 Å². The fourth-order valence-electron chi connectivity index (χ4n) is 5.01. The van der Waals surface area contributed by atoms with Gasteiger partial charge in [0, 0.05) is 70.0 Å². The van der Waals surface area contributed by atoms with E-state index in [9.17, 15) is 4.79 Å². The number of amides is 1. The fourth-order valence-corrected chi connectivity index (χ4v) is 6.09. The highest BCUT2D eigenvalue weighted by atomic mass is 32.2. The quantitative estimate of drug-likeness (QED) is 0.678. The van der Waals surface area contributed by atoms with Gasteiger partial charge in [-0.2, -0.15) is 0 Å². The van der Waals surface area contributed by atoms with Gasteiger partial charge in [0.15, 0.2) is 0 Å². The number of piperazine rings is 1. The fraction of sp³-hybridized carbons (Fsp3) is 0.600. The molecule has 8 heteroatoms. The number of thioether (sulfide) groups is 1. The minimum Gasteiger partial charge on any atom is -0.381 e. The van der Waals surface area contributed by atoms with Crippen molar-refractivity contribution in [3.63, 3.8) is 0 Å². The number of hydrogen-bond donors (Lipinski definition) is 2. The molecule has 3 aliphatic heterocycles. The molecule has 0 aliphatic carbocycles. The lowest BCUT2D eigenvalue weighted by molar-refractivity contribution is -0.130. The van der Waals surface area contributed by atoms with Crippen LogP contribution in [0.4, 0.5) is 5.69 Å². The van der Waals surface area contributed by atoms with Crippen LogP contribution in [0.3, 0.4) is 0 Å². The van der Waals surface area contributed by atoms with Crippen LogP contribution in [0.5, 0.6) is 0 Å². The van der Waals surface area contributed by atoms with Crippen molar-refractivity contribution in [1.29, 1.82) is 0 Å². The molecule has 7 nitrogen and oxygen atoms in total. The van der Waals surface area contributed by atoms with E-state index in [0.717, 1.165) is 81.7 Å². The van der Waals surface area contributed by atoms with Crippen molar-refractivity contribution in [3.05, 3.63) is 29.5 Å². The lowest BCUT2D eigenvalue weighted by Crippen LogP contribution is -2.48. The maximum Gasteiger partial charge on any atom is 0.219 e. The average molecular weight is 470 g/mol. The molecular formula is C25H35N5O2S. The second kappa shape index (κ2) is 10.1. The lowest BCUT2D eigenvalue weighted by atomic mass is 10.1. The van der Waals surface area contributed by atoms with Crippen LogP contribution < -0.4 is 5.32 Å². The standard InChI is InChI=1S/C25H35N5O2S/c1-17-13-19-15-23(28-24(19)22(14-17)26-20-4-11-32-12-5-20)25-27-21(16-33-25)3-6-29-7-9-30(10-8-29)18(2)31/h13-15,20-21,26,28H,3-12,16H2,1-2H3/t21-/m0/s1. The molecule has 1 aromatic carbocycles. The van der Waals surface area contributed by atoms with Crippen molar-refractivity contribution < 1.29 is 9.53 Å². The molecule has 1 aromatic heterocycles. The summed E-state index contributed by atoms with van der Waals surface area (Å²) in [5, 5.41) is 6.13. The van der Waals surface area contributed by atoms with E-state index < -0.39 is 0 Å². The van der Waals surface area contributed by atoms with Crippen molar-refractivity contribution >= 4 is 39.3 Å². The van der Waals surface area contributed by atoms with Crippen molar-refractivity contribution in [2.24, 2.45) is 4.99 Å². The van der Waals surface area contributed by atoms with Crippen LogP contribution in [0, 0.1) is 6.92 Å². The number of carbonyl (C=O) groups excluding carboxylic acids is 1. The summed E-state index contributed by atoms with van der Waals surface area (Å²) in [4.78, 5) is 24.7. The number of anilines is 1. The molecule has 0 radical (unpaired) electrons. The summed E-state index contributed by atoms with van der Waals surface area (Å²) in [7, 11) is 0. The van der Waals surface area contributed by atoms with Gasteiger partial charge < -0.3 is 19.9 Å². The molecule has 2 aromatic rings. The highest BCUT2D eigenvalue weighted by Gasteiger charge is 2.24. The number of fused-ring (bicyclic) bond motifs is 1. The summed E-state index contributed by atoms with van der Waals surface area (Å²) >= 11 is 1.87. The maximum atomic E-state index is 11.5. The van der Waals surface area contributed by atoms with Crippen LogP contribution in [-0.2, 0) is 9.53 Å². The number of ether oxygens (including phenoxy) is 1. The topological polar surface area (TPSA) is 73.0 Å². The molecule has 5 rings (SSSR count). The van der Waals surface area contributed by atoms with Crippen LogP contribution in [-0.4, -0.2) is 89.5 Å². The van der Waals surface area contributed by atoms with Gasteiger partial charge >= 0.3 is 0 Å². The predicted molar refractivity (Wildman–Crippen MR) is 137 cm³/mol. The molecule has 1 amide bonds. The van der Waals surface area contributed by atoms with Gasteiger partial charge in [0.05, 0.1) is 22.9 Å². The third-order valence-corrected chi connectivity index (χ3v) is 8.14. The number of H-pyrrole nitrogens is 1. The van der Waals surface area contributed by atoms with Crippen molar-refractivity contribution in [1.82, 2.24) is 14.8 Å². The number of carbonyl (C=O) groups is 1. The molecule has 4 heterocycles. The minimum atomic E-state index is 0.190. The average Bonchev–Trinajstić information content (AvgIpc) is 3.46. The Balaban J connectivity index is 1.23. The Morgan fingerprint density at radius 1 is 1.21 bits per heavy atom. The molecule has 2 fully saturated rings. The van der Waals surface area contributed by atoms with Gasteiger partial charge in [-0.15, -0.1) is 11.8 Å². The van der Waals surface area contributed by atoms with Gasteiger partial charge in [0.1, 0.15) is 5.04 Å². The first kappa shape index (κ1) is 22.7. The van der Waals surface area contributed by atoms with E-state index in [1.807, 2.05) is 16.7 Å². The van der Waals surface area contributed by atoms with E-state index >= 15 is 0 Å². The summed E-state index contributed by atoms with van der Waals surface area (Å²) in [6.07, 6.45) is 3.18. The Morgan fingerprint density at radius 2 is 2.00 bits per heavy atom. The molecule has 33 heavy (non-hydrogen) atoms. The molecule has 0 unspecified atom stereocenters. The van der Waals surface area contributed by atoms with Crippen LogP contribution in [0.1, 0.15) is 37.4 Å². The second-order valence-corrected chi connectivity index (χ2v) is 10.5. The van der Waals surface area contributed by atoms with E-state index in [-0.39, 0.29) is 5.91 Å². The number of benzene rings is 1. The van der Waals surface area contributed by atoms with Crippen LogP contribution in [0.25, 0.3) is 10.9 Å². The number of aryl methyl sites for hydroxylation is 1. The normalized spacial score (nSPS) is 22.7. The monoisotopic (exact) mass is 469 g/mol. The molecule has 0 spiro atoms. The van der Waals surface area contributed by atoms with Crippen LogP contribution in [0.2, 0.25) is 0 Å². The molecule has 0 bridgehead atoms.